The Bertz CT molecular complexity index is 755. The monoisotopic (exact) mass is 466 g/mol. The Labute approximate surface area is 204 Å². The van der Waals surface area contributed by atoms with Crippen LogP contribution in [0.1, 0.15) is 79.1 Å². The molecule has 0 aromatic rings. The molecule has 0 amide bonds. The van der Waals surface area contributed by atoms with Crippen LogP contribution in [-0.2, 0) is 0 Å². The Morgan fingerprint density at radius 1 is 0.618 bits per heavy atom. The highest BCUT2D eigenvalue weighted by molar-refractivity contribution is 5.08. The van der Waals surface area contributed by atoms with Crippen LogP contribution >= 0.6 is 0 Å². The number of hydrogen-bond acceptors (Lipinski definition) is 10. The van der Waals surface area contributed by atoms with E-state index < -0.39 is 11.1 Å². The van der Waals surface area contributed by atoms with E-state index in [-0.39, 0.29) is 11.8 Å². The normalized spacial score (nSPS) is 16.8. The highest BCUT2D eigenvalue weighted by Gasteiger charge is 2.31. The van der Waals surface area contributed by atoms with E-state index in [0.717, 1.165) is 25.7 Å². The molecule has 10 heteroatoms. The second-order valence-electron chi connectivity index (χ2n) is 9.20. The second-order valence-corrected chi connectivity index (χ2v) is 9.20. The largest absolute Gasteiger partial charge is 0.198 e. The molecule has 34 heavy (non-hydrogen) atoms. The fourth-order valence-electron chi connectivity index (χ4n) is 3.23. The zero-order valence-electron chi connectivity index (χ0n) is 21.1. The quantitative estimate of drug-likeness (QED) is 0.169. The van der Waals surface area contributed by atoms with E-state index in [2.05, 4.69) is 55.0 Å². The molecular weight excluding hydrogens is 428 g/mol. The van der Waals surface area contributed by atoms with Crippen molar-refractivity contribution in [1.82, 2.24) is 0 Å². The van der Waals surface area contributed by atoms with E-state index >= 15 is 0 Å². The minimum absolute atomic E-state index is 0.0762. The standard InChI is InChI=1S/C24H38N10/c1-21(17-31-29-13-9-5-7-11-25)15-23(3,19-27)33-34-24(4,20-28)16-22(2)18-32-30-14-10-6-8-12-26/h21-22H,5-10,13-18H2,1-4H3. The molecule has 4 atom stereocenters. The number of nitriles is 4. The minimum atomic E-state index is -1.05. The van der Waals surface area contributed by atoms with Crippen LogP contribution in [0.25, 0.3) is 0 Å². The van der Waals surface area contributed by atoms with Crippen molar-refractivity contribution in [2.24, 2.45) is 42.5 Å². The average molecular weight is 467 g/mol. The molecule has 0 aliphatic carbocycles. The first-order valence-electron chi connectivity index (χ1n) is 11.9. The fraction of sp³-hybridized carbons (Fsp3) is 0.833. The van der Waals surface area contributed by atoms with E-state index in [4.69, 9.17) is 10.5 Å². The number of rotatable bonds is 18. The van der Waals surface area contributed by atoms with Gasteiger partial charge in [-0.15, -0.1) is 0 Å². The minimum Gasteiger partial charge on any atom is -0.198 e. The van der Waals surface area contributed by atoms with Crippen LogP contribution in [0.15, 0.2) is 30.7 Å². The maximum absolute atomic E-state index is 9.69. The summed E-state index contributed by atoms with van der Waals surface area (Å²) in [4.78, 5) is 0. The van der Waals surface area contributed by atoms with E-state index in [1.165, 1.54) is 0 Å². The van der Waals surface area contributed by atoms with E-state index in [0.29, 0.717) is 51.9 Å². The SMILES string of the molecule is CC(CN=NCCCCC#N)CC(C)(C#N)N=NC(C)(C#N)CC(C)CN=NCCCCC#N. The molecule has 0 aliphatic rings. The Morgan fingerprint density at radius 2 is 1.00 bits per heavy atom. The third kappa shape index (κ3) is 15.5. The predicted molar refractivity (Wildman–Crippen MR) is 129 cm³/mol. The van der Waals surface area contributed by atoms with Crippen LogP contribution in [-0.4, -0.2) is 37.3 Å². The lowest BCUT2D eigenvalue weighted by atomic mass is 9.91. The maximum atomic E-state index is 9.69. The first kappa shape index (κ1) is 30.8. The summed E-state index contributed by atoms with van der Waals surface area (Å²) >= 11 is 0. The summed E-state index contributed by atoms with van der Waals surface area (Å²) in [5.41, 5.74) is -2.10. The molecule has 0 N–H and O–H groups in total. The van der Waals surface area contributed by atoms with Gasteiger partial charge in [-0.2, -0.15) is 51.7 Å². The van der Waals surface area contributed by atoms with Crippen LogP contribution in [0.2, 0.25) is 0 Å². The van der Waals surface area contributed by atoms with Gasteiger partial charge in [0.2, 0.25) is 0 Å². The number of nitrogens with zero attached hydrogens (tertiary/aromatic N) is 10. The molecule has 0 bridgehead atoms. The summed E-state index contributed by atoms with van der Waals surface area (Å²) in [6.45, 7) is 9.57. The van der Waals surface area contributed by atoms with Crippen LogP contribution in [0.4, 0.5) is 0 Å². The Kier molecular flexibility index (Phi) is 16.5. The molecule has 0 spiro atoms. The lowest BCUT2D eigenvalue weighted by Crippen LogP contribution is -2.28. The van der Waals surface area contributed by atoms with Crippen molar-refractivity contribution < 1.29 is 0 Å². The van der Waals surface area contributed by atoms with Gasteiger partial charge in [0.1, 0.15) is 0 Å². The maximum Gasteiger partial charge on any atom is 0.165 e. The highest BCUT2D eigenvalue weighted by Crippen LogP contribution is 2.26. The van der Waals surface area contributed by atoms with Gasteiger partial charge in [-0.25, -0.2) is 0 Å². The smallest absolute Gasteiger partial charge is 0.165 e. The van der Waals surface area contributed by atoms with Gasteiger partial charge in [0, 0.05) is 12.8 Å². The Morgan fingerprint density at radius 3 is 1.32 bits per heavy atom. The number of azo groups is 3. The molecular formula is C24H38N10. The molecule has 0 aliphatic heterocycles. The molecule has 10 nitrogen and oxygen atoms in total. The van der Waals surface area contributed by atoms with Gasteiger partial charge < -0.3 is 0 Å². The third-order valence-corrected chi connectivity index (χ3v) is 5.05. The summed E-state index contributed by atoms with van der Waals surface area (Å²) in [6, 6.07) is 8.65. The van der Waals surface area contributed by atoms with Crippen LogP contribution in [0.3, 0.4) is 0 Å². The van der Waals surface area contributed by atoms with Crippen molar-refractivity contribution in [3.05, 3.63) is 0 Å². The Balaban J connectivity index is 4.70. The zero-order valence-corrected chi connectivity index (χ0v) is 21.1. The molecule has 184 valence electrons. The first-order valence-corrected chi connectivity index (χ1v) is 11.9. The van der Waals surface area contributed by atoms with Crippen LogP contribution in [0, 0.1) is 57.2 Å². The number of unbranched alkanes of at least 4 members (excludes halogenated alkanes) is 4. The molecule has 4 unspecified atom stereocenters. The summed E-state index contributed by atoms with van der Waals surface area (Å²) in [7, 11) is 0. The first-order chi connectivity index (χ1) is 16.2. The average Bonchev–Trinajstić information content (AvgIpc) is 2.81. The predicted octanol–water partition coefficient (Wildman–Crippen LogP) is 6.35. The lowest BCUT2D eigenvalue weighted by molar-refractivity contribution is 0.369. The summed E-state index contributed by atoms with van der Waals surface area (Å²) < 4.78 is 0. The summed E-state index contributed by atoms with van der Waals surface area (Å²) in [6.07, 6.45) is 5.29. The highest BCUT2D eigenvalue weighted by atomic mass is 15.2. The summed E-state index contributed by atoms with van der Waals surface area (Å²) in [5.74, 6) is 0.152. The molecule has 0 saturated heterocycles. The van der Waals surface area contributed by atoms with Crippen molar-refractivity contribution in [3.8, 4) is 24.3 Å². The van der Waals surface area contributed by atoms with Crippen molar-refractivity contribution in [2.45, 2.75) is 90.1 Å². The van der Waals surface area contributed by atoms with Crippen LogP contribution in [0.5, 0.6) is 0 Å². The van der Waals surface area contributed by atoms with Crippen molar-refractivity contribution in [3.63, 3.8) is 0 Å². The molecule has 0 rings (SSSR count). The van der Waals surface area contributed by atoms with E-state index in [1.807, 2.05) is 13.8 Å². The van der Waals surface area contributed by atoms with Gasteiger partial charge in [-0.1, -0.05) is 13.8 Å². The molecule has 0 aromatic carbocycles. The van der Waals surface area contributed by atoms with Gasteiger partial charge in [-0.05, 0) is 64.2 Å². The Hall–Kier alpha value is -3.24. The summed E-state index contributed by atoms with van der Waals surface area (Å²) in [5, 5.41) is 61.6. The molecule has 0 heterocycles. The lowest BCUT2D eigenvalue weighted by Gasteiger charge is -2.23. The third-order valence-electron chi connectivity index (χ3n) is 5.05. The zero-order chi connectivity index (χ0) is 25.7. The topological polar surface area (TPSA) is 169 Å². The van der Waals surface area contributed by atoms with E-state index in [9.17, 15) is 10.5 Å². The van der Waals surface area contributed by atoms with Gasteiger partial charge in [0.05, 0.1) is 50.5 Å². The fourth-order valence-corrected chi connectivity index (χ4v) is 3.23. The number of hydrogen-bond donors (Lipinski definition) is 0. The molecule has 0 saturated carbocycles. The second kappa shape index (κ2) is 18.2. The van der Waals surface area contributed by atoms with Crippen molar-refractivity contribution in [2.75, 3.05) is 26.2 Å². The van der Waals surface area contributed by atoms with Gasteiger partial charge in [-0.3, -0.25) is 0 Å². The van der Waals surface area contributed by atoms with Crippen molar-refractivity contribution in [1.29, 1.82) is 21.0 Å². The van der Waals surface area contributed by atoms with Crippen molar-refractivity contribution >= 4 is 0 Å². The van der Waals surface area contributed by atoms with Gasteiger partial charge in [0.25, 0.3) is 0 Å². The molecule has 0 aromatic heterocycles. The van der Waals surface area contributed by atoms with Gasteiger partial charge in [0.15, 0.2) is 11.1 Å². The molecule has 0 radical (unpaired) electrons. The van der Waals surface area contributed by atoms with E-state index in [1.54, 1.807) is 13.8 Å². The molecule has 0 fully saturated rings. The van der Waals surface area contributed by atoms with Crippen LogP contribution < -0.4 is 0 Å². The van der Waals surface area contributed by atoms with Gasteiger partial charge >= 0.3 is 0 Å².